The molecule has 2 aromatic carbocycles. The normalized spacial score (nSPS) is 17.3. The van der Waals surface area contributed by atoms with Crippen molar-refractivity contribution in [3.05, 3.63) is 87.6 Å². The van der Waals surface area contributed by atoms with Crippen LogP contribution in [0.25, 0.3) is 0 Å². The van der Waals surface area contributed by atoms with E-state index < -0.39 is 0 Å². The summed E-state index contributed by atoms with van der Waals surface area (Å²) in [6.45, 7) is 0. The van der Waals surface area contributed by atoms with Crippen LogP contribution in [0, 0.1) is 0 Å². The molecule has 4 rings (SSSR count). The van der Waals surface area contributed by atoms with Crippen LogP contribution in [0.15, 0.2) is 77.2 Å². The SMILES string of the molecule is Clc1ccc([C@@H]2CC(c3cccs3)=NN2c2ccccc2)cc1. The van der Waals surface area contributed by atoms with Crippen molar-refractivity contribution in [1.29, 1.82) is 0 Å². The molecule has 0 fully saturated rings. The van der Waals surface area contributed by atoms with Crippen LogP contribution in [-0.4, -0.2) is 5.71 Å². The summed E-state index contributed by atoms with van der Waals surface area (Å²) in [7, 11) is 0. The van der Waals surface area contributed by atoms with Crippen LogP contribution < -0.4 is 5.01 Å². The number of hydrogen-bond acceptors (Lipinski definition) is 3. The third-order valence-electron chi connectivity index (χ3n) is 3.99. The van der Waals surface area contributed by atoms with Gasteiger partial charge in [-0.25, -0.2) is 0 Å². The molecule has 2 nitrogen and oxygen atoms in total. The summed E-state index contributed by atoms with van der Waals surface area (Å²) in [6.07, 6.45) is 0.900. The quantitative estimate of drug-likeness (QED) is 0.593. The average molecular weight is 339 g/mol. The standard InChI is InChI=1S/C19H15ClN2S/c20-15-10-8-14(9-11-15)18-13-17(19-7-4-12-23-19)21-22(18)16-5-2-1-3-6-16/h1-12,18H,13H2/t18-/m0/s1. The highest BCUT2D eigenvalue weighted by Crippen LogP contribution is 2.37. The minimum Gasteiger partial charge on any atom is -0.257 e. The van der Waals surface area contributed by atoms with Gasteiger partial charge in [-0.2, -0.15) is 5.10 Å². The summed E-state index contributed by atoms with van der Waals surface area (Å²) in [5, 5.41) is 9.89. The van der Waals surface area contributed by atoms with Crippen LogP contribution in [0.2, 0.25) is 5.02 Å². The predicted octanol–water partition coefficient (Wildman–Crippen LogP) is 5.76. The highest BCUT2D eigenvalue weighted by molar-refractivity contribution is 7.12. The molecular weight excluding hydrogens is 324 g/mol. The van der Waals surface area contributed by atoms with Crippen molar-refractivity contribution in [1.82, 2.24) is 0 Å². The van der Waals surface area contributed by atoms with E-state index in [1.54, 1.807) is 11.3 Å². The van der Waals surface area contributed by atoms with Gasteiger partial charge in [0.15, 0.2) is 0 Å². The Kier molecular flexibility index (Phi) is 3.90. The maximum Gasteiger partial charge on any atom is 0.0832 e. The van der Waals surface area contributed by atoms with Gasteiger partial charge in [-0.3, -0.25) is 5.01 Å². The van der Waals surface area contributed by atoms with E-state index in [9.17, 15) is 0 Å². The molecule has 0 aliphatic carbocycles. The smallest absolute Gasteiger partial charge is 0.0832 e. The molecule has 0 bridgehead atoms. The van der Waals surface area contributed by atoms with Gasteiger partial charge in [-0.1, -0.05) is 48.0 Å². The summed E-state index contributed by atoms with van der Waals surface area (Å²) >= 11 is 7.78. The van der Waals surface area contributed by atoms with Crippen molar-refractivity contribution in [3.63, 3.8) is 0 Å². The van der Waals surface area contributed by atoms with Crippen LogP contribution >= 0.6 is 22.9 Å². The number of hydrogen-bond donors (Lipinski definition) is 0. The first-order chi connectivity index (χ1) is 11.3. The zero-order valence-electron chi connectivity index (χ0n) is 12.4. The Morgan fingerprint density at radius 1 is 0.957 bits per heavy atom. The van der Waals surface area contributed by atoms with Gasteiger partial charge in [0.2, 0.25) is 0 Å². The molecule has 3 aromatic rings. The predicted molar refractivity (Wildman–Crippen MR) is 98.6 cm³/mol. The lowest BCUT2D eigenvalue weighted by molar-refractivity contribution is 0.709. The summed E-state index contributed by atoms with van der Waals surface area (Å²) < 4.78 is 0. The van der Waals surface area contributed by atoms with E-state index in [0.717, 1.165) is 22.8 Å². The van der Waals surface area contributed by atoms with E-state index in [0.29, 0.717) is 0 Å². The fourth-order valence-electron chi connectivity index (χ4n) is 2.87. The summed E-state index contributed by atoms with van der Waals surface area (Å²) in [4.78, 5) is 1.24. The van der Waals surface area contributed by atoms with Crippen LogP contribution in [0.1, 0.15) is 22.9 Å². The van der Waals surface area contributed by atoms with Gasteiger partial charge < -0.3 is 0 Å². The van der Waals surface area contributed by atoms with E-state index >= 15 is 0 Å². The number of thiophene rings is 1. The van der Waals surface area contributed by atoms with Crippen LogP contribution in [0.4, 0.5) is 5.69 Å². The van der Waals surface area contributed by atoms with E-state index in [2.05, 4.69) is 46.8 Å². The summed E-state index contributed by atoms with van der Waals surface area (Å²) in [5.74, 6) is 0. The maximum absolute atomic E-state index is 6.04. The Morgan fingerprint density at radius 3 is 2.43 bits per heavy atom. The van der Waals surface area contributed by atoms with Crippen molar-refractivity contribution in [2.24, 2.45) is 5.10 Å². The van der Waals surface area contributed by atoms with Crippen LogP contribution in [0.3, 0.4) is 0 Å². The van der Waals surface area contributed by atoms with Gasteiger partial charge in [0, 0.05) is 11.4 Å². The van der Waals surface area contributed by atoms with Gasteiger partial charge in [-0.05, 0) is 41.3 Å². The minimum absolute atomic E-state index is 0.201. The zero-order chi connectivity index (χ0) is 15.6. The number of hydrazone groups is 1. The van der Waals surface area contributed by atoms with Crippen molar-refractivity contribution >= 4 is 34.3 Å². The molecule has 1 aliphatic heterocycles. The molecule has 0 spiro atoms. The molecule has 1 aromatic heterocycles. The Hall–Kier alpha value is -2.10. The van der Waals surface area contributed by atoms with Crippen molar-refractivity contribution < 1.29 is 0 Å². The molecule has 1 atom stereocenters. The molecule has 0 N–H and O–H groups in total. The fourth-order valence-corrected chi connectivity index (χ4v) is 3.71. The number of nitrogens with zero attached hydrogens (tertiary/aromatic N) is 2. The molecular formula is C19H15ClN2S. The second kappa shape index (κ2) is 6.19. The molecule has 0 amide bonds. The lowest BCUT2D eigenvalue weighted by Crippen LogP contribution is -2.18. The topological polar surface area (TPSA) is 15.6 Å². The maximum atomic E-state index is 6.04. The number of rotatable bonds is 3. The number of anilines is 1. The lowest BCUT2D eigenvalue weighted by Gasteiger charge is -2.24. The zero-order valence-corrected chi connectivity index (χ0v) is 14.0. The Labute approximate surface area is 144 Å². The van der Waals surface area contributed by atoms with Gasteiger partial charge in [-0.15, -0.1) is 11.3 Å². The van der Waals surface area contributed by atoms with Crippen molar-refractivity contribution in [2.75, 3.05) is 5.01 Å². The van der Waals surface area contributed by atoms with Gasteiger partial charge in [0.25, 0.3) is 0 Å². The van der Waals surface area contributed by atoms with E-state index in [1.165, 1.54) is 10.4 Å². The first-order valence-electron chi connectivity index (χ1n) is 7.52. The van der Waals surface area contributed by atoms with Gasteiger partial charge in [0.1, 0.15) is 0 Å². The molecule has 4 heteroatoms. The van der Waals surface area contributed by atoms with E-state index in [4.69, 9.17) is 16.7 Å². The monoisotopic (exact) mass is 338 g/mol. The Balaban J connectivity index is 1.74. The Bertz CT molecular complexity index is 810. The fraction of sp³-hybridized carbons (Fsp3) is 0.105. The second-order valence-electron chi connectivity index (χ2n) is 5.48. The van der Waals surface area contributed by atoms with Crippen molar-refractivity contribution in [3.8, 4) is 0 Å². The van der Waals surface area contributed by atoms with Gasteiger partial charge >= 0.3 is 0 Å². The summed E-state index contributed by atoms with van der Waals surface area (Å²) in [5.41, 5.74) is 3.48. The van der Waals surface area contributed by atoms with Gasteiger partial charge in [0.05, 0.1) is 22.3 Å². The molecule has 114 valence electrons. The third kappa shape index (κ3) is 2.90. The summed E-state index contributed by atoms with van der Waals surface area (Å²) in [6, 6.07) is 22.8. The molecule has 0 unspecified atom stereocenters. The largest absolute Gasteiger partial charge is 0.257 e. The molecule has 0 radical (unpaired) electrons. The Morgan fingerprint density at radius 2 is 1.74 bits per heavy atom. The first kappa shape index (κ1) is 14.5. The molecule has 1 aliphatic rings. The highest BCUT2D eigenvalue weighted by atomic mass is 35.5. The molecule has 0 saturated carbocycles. The highest BCUT2D eigenvalue weighted by Gasteiger charge is 2.30. The van der Waals surface area contributed by atoms with Crippen LogP contribution in [0.5, 0.6) is 0 Å². The number of benzene rings is 2. The van der Waals surface area contributed by atoms with Crippen LogP contribution in [-0.2, 0) is 0 Å². The minimum atomic E-state index is 0.201. The number of halogens is 1. The van der Waals surface area contributed by atoms with E-state index in [1.807, 2.05) is 30.3 Å². The van der Waals surface area contributed by atoms with Crippen molar-refractivity contribution in [2.45, 2.75) is 12.5 Å². The lowest BCUT2D eigenvalue weighted by atomic mass is 10.0. The molecule has 2 heterocycles. The third-order valence-corrected chi connectivity index (χ3v) is 5.16. The molecule has 0 saturated heterocycles. The second-order valence-corrected chi connectivity index (χ2v) is 6.86. The van der Waals surface area contributed by atoms with E-state index in [-0.39, 0.29) is 6.04 Å². The first-order valence-corrected chi connectivity index (χ1v) is 8.78. The molecule has 23 heavy (non-hydrogen) atoms. The number of para-hydroxylation sites is 1. The average Bonchev–Trinajstić information content (AvgIpc) is 3.26.